The van der Waals surface area contributed by atoms with E-state index in [0.29, 0.717) is 0 Å². The predicted octanol–water partition coefficient (Wildman–Crippen LogP) is 2.14. The zero-order chi connectivity index (χ0) is 17.1. The first-order chi connectivity index (χ1) is 9.90. The van der Waals surface area contributed by atoms with E-state index in [1.165, 1.54) is 11.9 Å². The van der Waals surface area contributed by atoms with Crippen LogP contribution in [0.25, 0.3) is 0 Å². The molecule has 1 aliphatic rings. The average molecular weight is 326 g/mol. The third kappa shape index (κ3) is 6.83. The normalized spacial score (nSPS) is 19.0. The number of amides is 1. The Morgan fingerprint density at radius 3 is 2.32 bits per heavy atom. The predicted molar refractivity (Wildman–Crippen MR) is 75.4 cm³/mol. The van der Waals surface area contributed by atoms with Gasteiger partial charge in [0.2, 0.25) is 0 Å². The molecular weight excluding hydrogens is 301 g/mol. The summed E-state index contributed by atoms with van der Waals surface area (Å²) in [7, 11) is 1.52. The van der Waals surface area contributed by atoms with Crippen molar-refractivity contribution in [2.24, 2.45) is 5.92 Å². The maximum absolute atomic E-state index is 12.4. The third-order valence-corrected chi connectivity index (χ3v) is 3.43. The quantitative estimate of drug-likeness (QED) is 0.785. The van der Waals surface area contributed by atoms with Crippen molar-refractivity contribution in [3.8, 4) is 0 Å². The van der Waals surface area contributed by atoms with Gasteiger partial charge in [0.1, 0.15) is 5.60 Å². The molecule has 8 heteroatoms. The standard InChI is InChI=1S/C14H25F3N2O3/c1-13(2,3)22-12(21)18-7-10(9-5-6-9)19(4)8-11(20)14(15,16)17/h9-11,20H,5-8H2,1-4H3,(H,18,21)/t10-,11-/m0/s1. The van der Waals surface area contributed by atoms with Gasteiger partial charge < -0.3 is 15.2 Å². The van der Waals surface area contributed by atoms with Gasteiger partial charge in [-0.2, -0.15) is 13.2 Å². The van der Waals surface area contributed by atoms with Crippen molar-refractivity contribution in [2.75, 3.05) is 20.1 Å². The number of aliphatic hydroxyl groups is 1. The van der Waals surface area contributed by atoms with Crippen molar-refractivity contribution in [1.82, 2.24) is 10.2 Å². The molecule has 0 aliphatic heterocycles. The van der Waals surface area contributed by atoms with Gasteiger partial charge in [-0.05, 0) is 46.6 Å². The molecule has 22 heavy (non-hydrogen) atoms. The number of hydrogen-bond acceptors (Lipinski definition) is 4. The summed E-state index contributed by atoms with van der Waals surface area (Å²) in [4.78, 5) is 13.1. The summed E-state index contributed by atoms with van der Waals surface area (Å²) in [5, 5.41) is 11.7. The van der Waals surface area contributed by atoms with E-state index in [9.17, 15) is 18.0 Å². The van der Waals surface area contributed by atoms with Gasteiger partial charge in [0, 0.05) is 19.1 Å². The first-order valence-corrected chi connectivity index (χ1v) is 7.32. The second kappa shape index (κ2) is 7.04. The van der Waals surface area contributed by atoms with Crippen LogP contribution < -0.4 is 5.32 Å². The van der Waals surface area contributed by atoms with Crippen LogP contribution in [0.5, 0.6) is 0 Å². The zero-order valence-corrected chi connectivity index (χ0v) is 13.4. The lowest BCUT2D eigenvalue weighted by Gasteiger charge is -2.31. The number of likely N-dealkylation sites (N-methyl/N-ethyl adjacent to an activating group) is 1. The molecule has 0 saturated heterocycles. The van der Waals surface area contributed by atoms with Crippen LogP contribution in [0.1, 0.15) is 33.6 Å². The number of nitrogens with one attached hydrogen (secondary N) is 1. The van der Waals surface area contributed by atoms with Crippen molar-refractivity contribution in [3.05, 3.63) is 0 Å². The Labute approximate surface area is 128 Å². The summed E-state index contributed by atoms with van der Waals surface area (Å²) in [5.41, 5.74) is -0.627. The van der Waals surface area contributed by atoms with Gasteiger partial charge in [0.25, 0.3) is 0 Å². The van der Waals surface area contributed by atoms with E-state index in [4.69, 9.17) is 9.84 Å². The Morgan fingerprint density at radius 1 is 1.36 bits per heavy atom. The summed E-state index contributed by atoms with van der Waals surface area (Å²) in [6.07, 6.45) is -5.80. The van der Waals surface area contributed by atoms with Crippen molar-refractivity contribution >= 4 is 6.09 Å². The zero-order valence-electron chi connectivity index (χ0n) is 13.4. The smallest absolute Gasteiger partial charge is 0.415 e. The van der Waals surface area contributed by atoms with Gasteiger partial charge in [-0.15, -0.1) is 0 Å². The van der Waals surface area contributed by atoms with Gasteiger partial charge in [0.05, 0.1) is 0 Å². The third-order valence-electron chi connectivity index (χ3n) is 3.43. The number of rotatable bonds is 6. The van der Waals surface area contributed by atoms with E-state index >= 15 is 0 Å². The Bertz CT molecular complexity index is 379. The molecule has 0 spiro atoms. The van der Waals surface area contributed by atoms with Gasteiger partial charge in [-0.1, -0.05) is 0 Å². The van der Waals surface area contributed by atoms with Crippen LogP contribution in [0.2, 0.25) is 0 Å². The molecule has 0 radical (unpaired) electrons. The molecule has 1 rings (SSSR count). The van der Waals surface area contributed by atoms with Crippen LogP contribution in [0.15, 0.2) is 0 Å². The minimum Gasteiger partial charge on any atom is -0.444 e. The molecule has 1 amide bonds. The SMILES string of the molecule is CN(C[C@H](O)C(F)(F)F)[C@@H](CNC(=O)OC(C)(C)C)C1CC1. The molecule has 0 heterocycles. The molecule has 0 unspecified atom stereocenters. The Kier molecular flexibility index (Phi) is 6.09. The molecule has 1 saturated carbocycles. The summed E-state index contributed by atoms with van der Waals surface area (Å²) in [5.74, 6) is 0.236. The van der Waals surface area contributed by atoms with Gasteiger partial charge in [-0.3, -0.25) is 4.90 Å². The van der Waals surface area contributed by atoms with Gasteiger partial charge in [0.15, 0.2) is 6.10 Å². The van der Waals surface area contributed by atoms with Gasteiger partial charge >= 0.3 is 12.3 Å². The first-order valence-electron chi connectivity index (χ1n) is 7.32. The highest BCUT2D eigenvalue weighted by Gasteiger charge is 2.41. The highest BCUT2D eigenvalue weighted by molar-refractivity contribution is 5.67. The van der Waals surface area contributed by atoms with Crippen molar-refractivity contribution in [2.45, 2.75) is 57.5 Å². The number of nitrogens with zero attached hydrogens (tertiary/aromatic N) is 1. The number of halogens is 3. The Balaban J connectivity index is 2.50. The van der Waals surface area contributed by atoms with Crippen molar-refractivity contribution in [3.63, 3.8) is 0 Å². The Morgan fingerprint density at radius 2 is 1.91 bits per heavy atom. The number of alkyl halides is 3. The van der Waals surface area contributed by atoms with Crippen molar-refractivity contribution < 1.29 is 27.8 Å². The monoisotopic (exact) mass is 326 g/mol. The summed E-state index contributed by atoms with van der Waals surface area (Å²) >= 11 is 0. The molecule has 0 aromatic rings. The Hall–Kier alpha value is -1.02. The average Bonchev–Trinajstić information content (AvgIpc) is 3.09. The minimum atomic E-state index is -4.64. The fourth-order valence-corrected chi connectivity index (χ4v) is 2.18. The van der Waals surface area contributed by atoms with E-state index < -0.39 is 30.5 Å². The fourth-order valence-electron chi connectivity index (χ4n) is 2.18. The molecule has 0 aromatic heterocycles. The molecule has 2 N–H and O–H groups in total. The maximum atomic E-state index is 12.4. The van der Waals surface area contributed by atoms with Crippen LogP contribution in [0.4, 0.5) is 18.0 Å². The first kappa shape index (κ1) is 19.0. The molecule has 0 aromatic carbocycles. The molecule has 1 fully saturated rings. The van der Waals surface area contributed by atoms with Gasteiger partial charge in [-0.25, -0.2) is 4.79 Å². The number of hydrogen-bond donors (Lipinski definition) is 2. The molecule has 130 valence electrons. The molecule has 5 nitrogen and oxygen atoms in total. The largest absolute Gasteiger partial charge is 0.444 e. The van der Waals surface area contributed by atoms with Crippen LogP contribution in [-0.2, 0) is 4.74 Å². The van der Waals surface area contributed by atoms with E-state index in [0.717, 1.165) is 12.8 Å². The fraction of sp³-hybridized carbons (Fsp3) is 0.929. The number of aliphatic hydroxyl groups excluding tert-OH is 1. The van der Waals surface area contributed by atoms with Crippen LogP contribution in [0.3, 0.4) is 0 Å². The van der Waals surface area contributed by atoms with E-state index in [2.05, 4.69) is 5.32 Å². The lowest BCUT2D eigenvalue weighted by atomic mass is 10.1. The molecule has 2 atom stereocenters. The highest BCUT2D eigenvalue weighted by atomic mass is 19.4. The number of ether oxygens (including phenoxy) is 1. The van der Waals surface area contributed by atoms with Crippen LogP contribution in [-0.4, -0.2) is 60.2 Å². The van der Waals surface area contributed by atoms with Crippen LogP contribution >= 0.6 is 0 Å². The van der Waals surface area contributed by atoms with Crippen LogP contribution in [0, 0.1) is 5.92 Å². The second-order valence-corrected chi connectivity index (χ2v) is 6.78. The summed E-state index contributed by atoms with van der Waals surface area (Å²) in [6, 6.07) is -0.246. The van der Waals surface area contributed by atoms with E-state index in [-0.39, 0.29) is 18.5 Å². The number of carbonyl (C=O) groups is 1. The van der Waals surface area contributed by atoms with Crippen molar-refractivity contribution in [1.29, 1.82) is 0 Å². The second-order valence-electron chi connectivity index (χ2n) is 6.78. The van der Waals surface area contributed by atoms with E-state index in [1.54, 1.807) is 20.8 Å². The maximum Gasteiger partial charge on any atom is 0.415 e. The van der Waals surface area contributed by atoms with E-state index in [1.807, 2.05) is 0 Å². The highest BCUT2D eigenvalue weighted by Crippen LogP contribution is 2.35. The minimum absolute atomic E-state index is 0.195. The number of alkyl carbamates (subject to hydrolysis) is 1. The topological polar surface area (TPSA) is 61.8 Å². The lowest BCUT2D eigenvalue weighted by molar-refractivity contribution is -0.208. The molecule has 0 bridgehead atoms. The molecular formula is C14H25F3N2O3. The lowest BCUT2D eigenvalue weighted by Crippen LogP contribution is -2.49. The molecule has 1 aliphatic carbocycles. The summed E-state index contributed by atoms with van der Waals surface area (Å²) in [6.45, 7) is 4.88. The summed E-state index contributed by atoms with van der Waals surface area (Å²) < 4.78 is 42.4. The number of carbonyl (C=O) groups excluding carboxylic acids is 1.